The number of carbonyl (C=O) groups is 1. The summed E-state index contributed by atoms with van der Waals surface area (Å²) in [5.41, 5.74) is 2.58. The molecule has 0 saturated carbocycles. The van der Waals surface area contributed by atoms with Gasteiger partial charge in [0.2, 0.25) is 0 Å². The molecule has 1 aliphatic heterocycles. The van der Waals surface area contributed by atoms with Crippen molar-refractivity contribution in [3.05, 3.63) is 73.5 Å². The summed E-state index contributed by atoms with van der Waals surface area (Å²) in [5.74, 6) is 0.341. The van der Waals surface area contributed by atoms with Gasteiger partial charge >= 0.3 is 5.69 Å². The Morgan fingerprint density at radius 1 is 1.30 bits per heavy atom. The van der Waals surface area contributed by atoms with Crippen molar-refractivity contribution >= 4 is 22.9 Å². The lowest BCUT2D eigenvalue weighted by Crippen LogP contribution is -2.39. The van der Waals surface area contributed by atoms with Crippen molar-refractivity contribution in [3.8, 4) is 0 Å². The molecule has 0 aliphatic carbocycles. The van der Waals surface area contributed by atoms with Crippen LogP contribution in [0.1, 0.15) is 51.1 Å². The van der Waals surface area contributed by atoms with Crippen LogP contribution in [0.2, 0.25) is 0 Å². The van der Waals surface area contributed by atoms with Gasteiger partial charge in [-0.3, -0.25) is 19.6 Å². The third kappa shape index (κ3) is 3.97. The van der Waals surface area contributed by atoms with Gasteiger partial charge < -0.3 is 4.90 Å². The van der Waals surface area contributed by atoms with Crippen molar-refractivity contribution in [1.29, 1.82) is 0 Å². The van der Waals surface area contributed by atoms with Crippen LogP contribution in [0.5, 0.6) is 0 Å². The van der Waals surface area contributed by atoms with Gasteiger partial charge in [-0.25, -0.2) is 4.98 Å². The number of nitro groups is 1. The Morgan fingerprint density at radius 2 is 2.07 bits per heavy atom. The first kappa shape index (κ1) is 20.2. The van der Waals surface area contributed by atoms with E-state index in [0.717, 1.165) is 30.0 Å². The number of aryl methyl sites for hydroxylation is 1. The Morgan fingerprint density at radius 3 is 2.70 bits per heavy atom. The number of hydrogen-bond acceptors (Lipinski definition) is 6. The molecule has 4 rings (SSSR count). The first-order valence-corrected chi connectivity index (χ1v) is 10.8. The Labute approximate surface area is 178 Å². The second-order valence-corrected chi connectivity index (χ2v) is 8.52. The van der Waals surface area contributed by atoms with E-state index in [1.54, 1.807) is 29.9 Å². The van der Waals surface area contributed by atoms with E-state index in [1.165, 1.54) is 0 Å². The molecule has 1 amide bonds. The molecule has 1 saturated heterocycles. The maximum absolute atomic E-state index is 13.0. The predicted molar refractivity (Wildman–Crippen MR) is 114 cm³/mol. The van der Waals surface area contributed by atoms with Crippen LogP contribution < -0.4 is 0 Å². The molecule has 1 atom stereocenters. The second-order valence-electron chi connectivity index (χ2n) is 7.59. The highest BCUT2D eigenvalue weighted by atomic mass is 32.1. The number of piperidine rings is 1. The molecular weight excluding hydrogens is 402 g/mol. The molecule has 3 heterocycles. The number of aromatic nitrogens is 3. The zero-order valence-electron chi connectivity index (χ0n) is 16.9. The van der Waals surface area contributed by atoms with Crippen LogP contribution in [-0.2, 0) is 6.54 Å². The average molecular weight is 426 g/mol. The normalized spacial score (nSPS) is 16.6. The summed E-state index contributed by atoms with van der Waals surface area (Å²) in [6.07, 6.45) is 3.85. The first-order valence-electron chi connectivity index (χ1n) is 9.90. The topological polar surface area (TPSA) is 94.2 Å². The Kier molecular flexibility index (Phi) is 5.63. The second kappa shape index (κ2) is 8.35. The summed E-state index contributed by atoms with van der Waals surface area (Å²) in [5, 5.41) is 18.5. The number of thiazole rings is 1. The molecule has 156 valence electrons. The molecule has 9 heteroatoms. The van der Waals surface area contributed by atoms with Gasteiger partial charge in [-0.15, -0.1) is 11.3 Å². The molecule has 0 bridgehead atoms. The number of amides is 1. The standard InChI is InChI=1S/C21H23N5O3S/c1-14-19(26(28)29)15(2)25(23-14)12-16-5-7-17(8-6-16)21(27)24-10-3-4-18(13-24)20-22-9-11-30-20/h5-9,11,18H,3-4,10,12-13H2,1-2H3. The molecule has 1 unspecified atom stereocenters. The smallest absolute Gasteiger partial charge is 0.312 e. The lowest BCUT2D eigenvalue weighted by molar-refractivity contribution is -0.386. The zero-order chi connectivity index (χ0) is 21.3. The van der Waals surface area contributed by atoms with Crippen LogP contribution in [0.3, 0.4) is 0 Å². The fourth-order valence-corrected chi connectivity index (χ4v) is 4.78. The van der Waals surface area contributed by atoms with E-state index in [-0.39, 0.29) is 11.6 Å². The molecule has 0 N–H and O–H groups in total. The fraction of sp³-hybridized carbons (Fsp3) is 0.381. The highest BCUT2D eigenvalue weighted by molar-refractivity contribution is 7.09. The number of nitrogens with zero attached hydrogens (tertiary/aromatic N) is 5. The van der Waals surface area contributed by atoms with Crippen LogP contribution in [0.4, 0.5) is 5.69 Å². The molecule has 1 aliphatic rings. The van der Waals surface area contributed by atoms with Gasteiger partial charge in [0.25, 0.3) is 5.91 Å². The van der Waals surface area contributed by atoms with Gasteiger partial charge in [0.1, 0.15) is 11.4 Å². The lowest BCUT2D eigenvalue weighted by atomic mass is 9.98. The van der Waals surface area contributed by atoms with Crippen molar-refractivity contribution in [2.75, 3.05) is 13.1 Å². The summed E-state index contributed by atoms with van der Waals surface area (Å²) in [6.45, 7) is 5.22. The quantitative estimate of drug-likeness (QED) is 0.456. The average Bonchev–Trinajstić information content (AvgIpc) is 3.37. The van der Waals surface area contributed by atoms with Crippen molar-refractivity contribution in [1.82, 2.24) is 19.7 Å². The monoisotopic (exact) mass is 425 g/mol. The summed E-state index contributed by atoms with van der Waals surface area (Å²) in [6, 6.07) is 7.42. The van der Waals surface area contributed by atoms with Crippen LogP contribution in [0.25, 0.3) is 0 Å². The summed E-state index contributed by atoms with van der Waals surface area (Å²) >= 11 is 1.65. The fourth-order valence-electron chi connectivity index (χ4n) is 4.01. The molecular formula is C21H23N5O3S. The zero-order valence-corrected chi connectivity index (χ0v) is 17.8. The third-order valence-electron chi connectivity index (χ3n) is 5.57. The molecule has 3 aromatic rings. The van der Waals surface area contributed by atoms with E-state index in [9.17, 15) is 14.9 Å². The van der Waals surface area contributed by atoms with E-state index in [1.807, 2.05) is 40.7 Å². The minimum absolute atomic E-state index is 0.0320. The highest BCUT2D eigenvalue weighted by Gasteiger charge is 2.27. The Bertz CT molecular complexity index is 1060. The summed E-state index contributed by atoms with van der Waals surface area (Å²) in [4.78, 5) is 30.1. The van der Waals surface area contributed by atoms with Gasteiger partial charge in [0.15, 0.2) is 0 Å². The van der Waals surface area contributed by atoms with Crippen molar-refractivity contribution < 1.29 is 9.72 Å². The SMILES string of the molecule is Cc1nn(Cc2ccc(C(=O)N3CCCC(c4nccs4)C3)cc2)c(C)c1[N+](=O)[O-]. The van der Waals surface area contributed by atoms with Crippen LogP contribution in [0.15, 0.2) is 35.8 Å². The van der Waals surface area contributed by atoms with E-state index < -0.39 is 4.92 Å². The lowest BCUT2D eigenvalue weighted by Gasteiger charge is -2.32. The third-order valence-corrected chi connectivity index (χ3v) is 6.51. The first-order chi connectivity index (χ1) is 14.4. The van der Waals surface area contributed by atoms with Crippen molar-refractivity contribution in [3.63, 3.8) is 0 Å². The predicted octanol–water partition coefficient (Wildman–Crippen LogP) is 3.93. The van der Waals surface area contributed by atoms with Gasteiger partial charge in [-0.2, -0.15) is 5.10 Å². The number of likely N-dealkylation sites (tertiary alicyclic amines) is 1. The number of benzene rings is 1. The molecule has 2 aromatic heterocycles. The van der Waals surface area contributed by atoms with E-state index in [2.05, 4.69) is 10.1 Å². The molecule has 0 spiro atoms. The maximum Gasteiger partial charge on any atom is 0.312 e. The number of rotatable bonds is 5. The minimum Gasteiger partial charge on any atom is -0.338 e. The molecule has 30 heavy (non-hydrogen) atoms. The molecule has 8 nitrogen and oxygen atoms in total. The maximum atomic E-state index is 13.0. The molecule has 1 fully saturated rings. The number of carbonyl (C=O) groups excluding carboxylic acids is 1. The van der Waals surface area contributed by atoms with Crippen LogP contribution in [0, 0.1) is 24.0 Å². The summed E-state index contributed by atoms with van der Waals surface area (Å²) in [7, 11) is 0. The van der Waals surface area contributed by atoms with Crippen LogP contribution >= 0.6 is 11.3 Å². The van der Waals surface area contributed by atoms with Gasteiger partial charge in [0.05, 0.1) is 16.5 Å². The number of hydrogen-bond donors (Lipinski definition) is 0. The Hall–Kier alpha value is -3.07. The summed E-state index contributed by atoms with van der Waals surface area (Å²) < 4.78 is 1.63. The van der Waals surface area contributed by atoms with Crippen LogP contribution in [-0.4, -0.2) is 43.6 Å². The Balaban J connectivity index is 1.45. The van der Waals surface area contributed by atoms with E-state index in [4.69, 9.17) is 0 Å². The van der Waals surface area contributed by atoms with E-state index in [0.29, 0.717) is 36.0 Å². The van der Waals surface area contributed by atoms with Gasteiger partial charge in [0, 0.05) is 36.1 Å². The molecule has 1 aromatic carbocycles. The van der Waals surface area contributed by atoms with Gasteiger partial charge in [-0.1, -0.05) is 12.1 Å². The highest BCUT2D eigenvalue weighted by Crippen LogP contribution is 2.29. The van der Waals surface area contributed by atoms with Crippen molar-refractivity contribution in [2.45, 2.75) is 39.2 Å². The minimum atomic E-state index is -0.395. The van der Waals surface area contributed by atoms with Gasteiger partial charge in [-0.05, 0) is 44.4 Å². The van der Waals surface area contributed by atoms with E-state index >= 15 is 0 Å². The largest absolute Gasteiger partial charge is 0.338 e. The van der Waals surface area contributed by atoms with Crippen molar-refractivity contribution in [2.24, 2.45) is 0 Å². The molecule has 0 radical (unpaired) electrons.